The molecule has 7 heteroatoms. The Labute approximate surface area is 121 Å². The zero-order valence-electron chi connectivity index (χ0n) is 12.0. The summed E-state index contributed by atoms with van der Waals surface area (Å²) in [6, 6.07) is 4.26. The fourth-order valence-electron chi connectivity index (χ4n) is 1.77. The molecule has 3 nitrogen and oxygen atoms in total. The van der Waals surface area contributed by atoms with Gasteiger partial charge in [-0.15, -0.1) is 0 Å². The maximum atomic E-state index is 13.9. The van der Waals surface area contributed by atoms with Crippen LogP contribution in [0.2, 0.25) is 0 Å². The highest BCUT2D eigenvalue weighted by molar-refractivity contribution is 5.30. The molecule has 0 aromatic heterocycles. The van der Waals surface area contributed by atoms with E-state index in [0.29, 0.717) is 5.56 Å². The van der Waals surface area contributed by atoms with Gasteiger partial charge in [0.05, 0.1) is 6.61 Å². The standard InChI is InChI=1S/C14H19F4NO2/c1-3-19-10(2)12-5-4-11(8-13(12)15)21-7-6-20-9-14(16,17)18/h4-5,8,10,19H,3,6-7,9H2,1-2H3. The maximum absolute atomic E-state index is 13.9. The third-order valence-electron chi connectivity index (χ3n) is 2.71. The number of rotatable bonds is 8. The molecule has 0 spiro atoms. The largest absolute Gasteiger partial charge is 0.491 e. The molecule has 0 saturated heterocycles. The normalized spacial score (nSPS) is 13.2. The maximum Gasteiger partial charge on any atom is 0.411 e. The van der Waals surface area contributed by atoms with Crippen molar-refractivity contribution in [2.24, 2.45) is 0 Å². The third kappa shape index (κ3) is 6.77. The van der Waals surface area contributed by atoms with Crippen molar-refractivity contribution in [1.82, 2.24) is 5.32 Å². The van der Waals surface area contributed by atoms with E-state index in [4.69, 9.17) is 4.74 Å². The lowest BCUT2D eigenvalue weighted by molar-refractivity contribution is -0.175. The molecule has 1 aromatic rings. The first kappa shape index (κ1) is 17.7. The molecule has 0 fully saturated rings. The Hall–Kier alpha value is -1.34. The van der Waals surface area contributed by atoms with Gasteiger partial charge in [-0.1, -0.05) is 13.0 Å². The molecule has 0 bridgehead atoms. The molecule has 1 N–H and O–H groups in total. The van der Waals surface area contributed by atoms with Crippen molar-refractivity contribution in [2.75, 3.05) is 26.4 Å². The first-order valence-electron chi connectivity index (χ1n) is 6.63. The van der Waals surface area contributed by atoms with Gasteiger partial charge in [-0.3, -0.25) is 0 Å². The van der Waals surface area contributed by atoms with Crippen LogP contribution in [0.5, 0.6) is 5.75 Å². The lowest BCUT2D eigenvalue weighted by Gasteiger charge is -2.15. The van der Waals surface area contributed by atoms with Gasteiger partial charge in [0.25, 0.3) is 0 Å². The van der Waals surface area contributed by atoms with Gasteiger partial charge in [-0.25, -0.2) is 4.39 Å². The summed E-state index contributed by atoms with van der Waals surface area (Å²) in [4.78, 5) is 0. The number of hydrogen-bond acceptors (Lipinski definition) is 3. The fourth-order valence-corrected chi connectivity index (χ4v) is 1.77. The Bertz CT molecular complexity index is 437. The van der Waals surface area contributed by atoms with Gasteiger partial charge in [0.15, 0.2) is 0 Å². The molecule has 120 valence electrons. The van der Waals surface area contributed by atoms with Crippen molar-refractivity contribution >= 4 is 0 Å². The summed E-state index contributed by atoms with van der Waals surface area (Å²) in [7, 11) is 0. The molecule has 0 saturated carbocycles. The average molecular weight is 309 g/mol. The van der Waals surface area contributed by atoms with E-state index in [1.165, 1.54) is 6.07 Å². The summed E-state index contributed by atoms with van der Waals surface area (Å²) in [6.07, 6.45) is -4.35. The van der Waals surface area contributed by atoms with Crippen molar-refractivity contribution in [1.29, 1.82) is 0 Å². The highest BCUT2D eigenvalue weighted by Crippen LogP contribution is 2.22. The lowest BCUT2D eigenvalue weighted by Crippen LogP contribution is -2.20. The first-order chi connectivity index (χ1) is 9.83. The van der Waals surface area contributed by atoms with E-state index in [1.807, 2.05) is 13.8 Å². The molecular weight excluding hydrogens is 290 g/mol. The van der Waals surface area contributed by atoms with E-state index in [9.17, 15) is 17.6 Å². The van der Waals surface area contributed by atoms with E-state index in [-0.39, 0.29) is 25.0 Å². The second-order valence-electron chi connectivity index (χ2n) is 4.48. The summed E-state index contributed by atoms with van der Waals surface area (Å²) in [6.45, 7) is 2.88. The molecular formula is C14H19F4NO2. The molecule has 1 aromatic carbocycles. The summed E-state index contributed by atoms with van der Waals surface area (Å²) >= 11 is 0. The molecule has 0 amide bonds. The number of halogens is 4. The van der Waals surface area contributed by atoms with Gasteiger partial charge < -0.3 is 14.8 Å². The number of nitrogens with one attached hydrogen (secondary N) is 1. The van der Waals surface area contributed by atoms with Crippen LogP contribution in [0.4, 0.5) is 17.6 Å². The Morgan fingerprint density at radius 1 is 1.24 bits per heavy atom. The predicted octanol–water partition coefficient (Wildman–Crippen LogP) is 3.45. The van der Waals surface area contributed by atoms with E-state index >= 15 is 0 Å². The van der Waals surface area contributed by atoms with Crippen molar-refractivity contribution in [3.05, 3.63) is 29.6 Å². The Morgan fingerprint density at radius 3 is 2.52 bits per heavy atom. The Morgan fingerprint density at radius 2 is 1.95 bits per heavy atom. The highest BCUT2D eigenvalue weighted by Gasteiger charge is 2.27. The van der Waals surface area contributed by atoms with Crippen LogP contribution in [-0.4, -0.2) is 32.5 Å². The van der Waals surface area contributed by atoms with Gasteiger partial charge in [-0.2, -0.15) is 13.2 Å². The summed E-state index contributed by atoms with van der Waals surface area (Å²) in [5.41, 5.74) is 0.512. The van der Waals surface area contributed by atoms with Gasteiger partial charge in [-0.05, 0) is 19.5 Å². The fraction of sp³-hybridized carbons (Fsp3) is 0.571. The molecule has 0 aliphatic rings. The second-order valence-corrected chi connectivity index (χ2v) is 4.48. The zero-order chi connectivity index (χ0) is 15.9. The van der Waals surface area contributed by atoms with Crippen LogP contribution in [0.1, 0.15) is 25.5 Å². The van der Waals surface area contributed by atoms with Crippen LogP contribution >= 0.6 is 0 Å². The van der Waals surface area contributed by atoms with Gasteiger partial charge in [0, 0.05) is 17.7 Å². The van der Waals surface area contributed by atoms with Crippen LogP contribution in [-0.2, 0) is 4.74 Å². The molecule has 0 radical (unpaired) electrons. The molecule has 0 aliphatic heterocycles. The Kier molecular flexibility index (Phi) is 6.91. The number of hydrogen-bond donors (Lipinski definition) is 1. The van der Waals surface area contributed by atoms with Crippen LogP contribution in [0.25, 0.3) is 0 Å². The molecule has 0 heterocycles. The van der Waals surface area contributed by atoms with E-state index in [0.717, 1.165) is 6.54 Å². The number of ether oxygens (including phenoxy) is 2. The zero-order valence-corrected chi connectivity index (χ0v) is 12.0. The molecule has 0 aliphatic carbocycles. The van der Waals surface area contributed by atoms with Crippen molar-refractivity contribution in [2.45, 2.75) is 26.1 Å². The van der Waals surface area contributed by atoms with Crippen molar-refractivity contribution in [3.8, 4) is 5.75 Å². The Balaban J connectivity index is 2.42. The lowest BCUT2D eigenvalue weighted by atomic mass is 10.1. The topological polar surface area (TPSA) is 30.5 Å². The SMILES string of the molecule is CCNC(C)c1ccc(OCCOCC(F)(F)F)cc1F. The predicted molar refractivity (Wildman–Crippen MR) is 70.9 cm³/mol. The number of alkyl halides is 3. The number of benzene rings is 1. The van der Waals surface area contributed by atoms with Gasteiger partial charge in [0.2, 0.25) is 0 Å². The van der Waals surface area contributed by atoms with E-state index in [1.54, 1.807) is 12.1 Å². The van der Waals surface area contributed by atoms with Crippen LogP contribution in [0, 0.1) is 5.82 Å². The first-order valence-corrected chi connectivity index (χ1v) is 6.63. The minimum Gasteiger partial charge on any atom is -0.491 e. The molecule has 1 unspecified atom stereocenters. The van der Waals surface area contributed by atoms with Crippen LogP contribution < -0.4 is 10.1 Å². The molecule has 21 heavy (non-hydrogen) atoms. The minimum atomic E-state index is -4.35. The molecule has 1 rings (SSSR count). The van der Waals surface area contributed by atoms with Crippen LogP contribution in [0.3, 0.4) is 0 Å². The summed E-state index contributed by atoms with van der Waals surface area (Å²) in [5, 5.41) is 3.09. The van der Waals surface area contributed by atoms with E-state index < -0.39 is 18.6 Å². The monoisotopic (exact) mass is 309 g/mol. The quantitative estimate of drug-likeness (QED) is 0.589. The minimum absolute atomic E-state index is 0.0718. The van der Waals surface area contributed by atoms with E-state index in [2.05, 4.69) is 10.1 Å². The highest BCUT2D eigenvalue weighted by atomic mass is 19.4. The van der Waals surface area contributed by atoms with Crippen molar-refractivity contribution < 1.29 is 27.0 Å². The van der Waals surface area contributed by atoms with Gasteiger partial charge in [0.1, 0.15) is 24.8 Å². The smallest absolute Gasteiger partial charge is 0.411 e. The summed E-state index contributed by atoms with van der Waals surface area (Å²) < 4.78 is 58.9. The third-order valence-corrected chi connectivity index (χ3v) is 2.71. The van der Waals surface area contributed by atoms with Gasteiger partial charge >= 0.3 is 6.18 Å². The second kappa shape index (κ2) is 8.19. The summed E-state index contributed by atoms with van der Waals surface area (Å²) in [5.74, 6) is -0.160. The average Bonchev–Trinajstić information content (AvgIpc) is 2.37. The van der Waals surface area contributed by atoms with Crippen LogP contribution in [0.15, 0.2) is 18.2 Å². The van der Waals surface area contributed by atoms with Crippen molar-refractivity contribution in [3.63, 3.8) is 0 Å². The molecule has 1 atom stereocenters.